The summed E-state index contributed by atoms with van der Waals surface area (Å²) in [7, 11) is 1.55. The van der Waals surface area contributed by atoms with Gasteiger partial charge in [0.25, 0.3) is 5.91 Å². The summed E-state index contributed by atoms with van der Waals surface area (Å²) in [4.78, 5) is 38.4. The summed E-state index contributed by atoms with van der Waals surface area (Å²) in [6.07, 6.45) is 3.44. The van der Waals surface area contributed by atoms with E-state index in [-0.39, 0.29) is 25.0 Å². The molecule has 1 saturated carbocycles. The first-order valence-electron chi connectivity index (χ1n) is 9.30. The van der Waals surface area contributed by atoms with Gasteiger partial charge in [0.05, 0.1) is 7.11 Å². The Morgan fingerprint density at radius 2 is 2.11 bits per heavy atom. The molecule has 7 nitrogen and oxygen atoms in total. The molecule has 3 amide bonds. The molecule has 2 fully saturated rings. The van der Waals surface area contributed by atoms with E-state index in [2.05, 4.69) is 5.32 Å². The topological polar surface area (TPSA) is 84.9 Å². The highest BCUT2D eigenvalue weighted by molar-refractivity contribution is 6.08. The predicted molar refractivity (Wildman–Crippen MR) is 98.1 cm³/mol. The van der Waals surface area contributed by atoms with Gasteiger partial charge < -0.3 is 14.8 Å². The zero-order valence-electron chi connectivity index (χ0n) is 16.0. The second kappa shape index (κ2) is 7.58. The van der Waals surface area contributed by atoms with Crippen LogP contribution in [0.15, 0.2) is 18.2 Å². The molecular weight excluding hydrogens is 348 g/mol. The maximum Gasteiger partial charge on any atom is 0.326 e. The first-order chi connectivity index (χ1) is 12.9. The SMILES string of the molecule is COc1ccc(C)cc1COC(=O)CN1C(=O)N[C@]2(CCCC[C@H]2C)C1=O. The van der Waals surface area contributed by atoms with Gasteiger partial charge in [-0.05, 0) is 37.8 Å². The first-order valence-corrected chi connectivity index (χ1v) is 9.30. The lowest BCUT2D eigenvalue weighted by atomic mass is 9.73. The molecule has 2 atom stereocenters. The normalized spacial score (nSPS) is 24.9. The highest BCUT2D eigenvalue weighted by Crippen LogP contribution is 2.38. The largest absolute Gasteiger partial charge is 0.496 e. The fourth-order valence-corrected chi connectivity index (χ4v) is 3.99. The summed E-state index contributed by atoms with van der Waals surface area (Å²) in [6, 6.07) is 5.07. The molecule has 1 aromatic carbocycles. The Hall–Kier alpha value is -2.57. The molecule has 1 saturated heterocycles. The Kier molecular flexibility index (Phi) is 5.39. The van der Waals surface area contributed by atoms with Crippen molar-refractivity contribution in [3.05, 3.63) is 29.3 Å². The van der Waals surface area contributed by atoms with Crippen LogP contribution < -0.4 is 10.1 Å². The number of imide groups is 1. The van der Waals surface area contributed by atoms with E-state index in [1.54, 1.807) is 7.11 Å². The number of ether oxygens (including phenoxy) is 2. The standard InChI is InChI=1S/C20H26N2O5/c1-13-7-8-16(26-3)15(10-13)12-27-17(23)11-22-18(24)20(21-19(22)25)9-5-4-6-14(20)2/h7-8,10,14H,4-6,9,11-12H2,1-3H3,(H,21,25)/t14-,20+/m1/s1. The lowest BCUT2D eigenvalue weighted by Crippen LogP contribution is -2.54. The van der Waals surface area contributed by atoms with Crippen molar-refractivity contribution >= 4 is 17.9 Å². The van der Waals surface area contributed by atoms with Gasteiger partial charge in [0.1, 0.15) is 24.4 Å². The second-order valence-electron chi connectivity index (χ2n) is 7.42. The summed E-state index contributed by atoms with van der Waals surface area (Å²) in [5.74, 6) is -0.258. The Morgan fingerprint density at radius 1 is 1.33 bits per heavy atom. The van der Waals surface area contributed by atoms with Crippen LogP contribution in [0.4, 0.5) is 4.79 Å². The maximum absolute atomic E-state index is 12.9. The zero-order valence-corrected chi connectivity index (χ0v) is 16.0. The van der Waals surface area contributed by atoms with E-state index in [1.165, 1.54) is 0 Å². The minimum absolute atomic E-state index is 0.0227. The monoisotopic (exact) mass is 374 g/mol. The number of urea groups is 1. The summed E-state index contributed by atoms with van der Waals surface area (Å²) >= 11 is 0. The van der Waals surface area contributed by atoms with E-state index in [0.717, 1.165) is 35.3 Å². The van der Waals surface area contributed by atoms with Crippen LogP contribution in [0.3, 0.4) is 0 Å². The minimum atomic E-state index is -0.866. The molecule has 1 N–H and O–H groups in total. The lowest BCUT2D eigenvalue weighted by molar-refractivity contribution is -0.149. The molecule has 2 aliphatic rings. The van der Waals surface area contributed by atoms with E-state index in [4.69, 9.17) is 9.47 Å². The van der Waals surface area contributed by atoms with E-state index in [1.807, 2.05) is 32.0 Å². The lowest BCUT2D eigenvalue weighted by Gasteiger charge is -2.36. The quantitative estimate of drug-likeness (QED) is 0.632. The van der Waals surface area contributed by atoms with Crippen molar-refractivity contribution < 1.29 is 23.9 Å². The Bertz CT molecular complexity index is 763. The Labute approximate surface area is 159 Å². The van der Waals surface area contributed by atoms with Gasteiger partial charge in [-0.15, -0.1) is 0 Å². The van der Waals surface area contributed by atoms with E-state index in [0.29, 0.717) is 12.2 Å². The molecule has 3 rings (SSSR count). The smallest absolute Gasteiger partial charge is 0.326 e. The van der Waals surface area contributed by atoms with Crippen LogP contribution in [-0.4, -0.2) is 42.0 Å². The Balaban J connectivity index is 1.64. The van der Waals surface area contributed by atoms with Crippen LogP contribution in [0.1, 0.15) is 43.7 Å². The third-order valence-electron chi connectivity index (χ3n) is 5.61. The van der Waals surface area contributed by atoms with Gasteiger partial charge in [0.15, 0.2) is 0 Å². The average molecular weight is 374 g/mol. The summed E-state index contributed by atoms with van der Waals surface area (Å²) in [5, 5.41) is 2.83. The maximum atomic E-state index is 12.9. The molecule has 0 aromatic heterocycles. The van der Waals surface area contributed by atoms with Gasteiger partial charge in [0, 0.05) is 5.56 Å². The van der Waals surface area contributed by atoms with Crippen molar-refractivity contribution in [3.63, 3.8) is 0 Å². The molecule has 27 heavy (non-hydrogen) atoms. The highest BCUT2D eigenvalue weighted by atomic mass is 16.5. The average Bonchev–Trinajstić information content (AvgIpc) is 2.87. The highest BCUT2D eigenvalue weighted by Gasteiger charge is 2.55. The molecule has 0 bridgehead atoms. The van der Waals surface area contributed by atoms with Gasteiger partial charge in [-0.25, -0.2) is 4.79 Å². The molecule has 146 valence electrons. The summed E-state index contributed by atoms with van der Waals surface area (Å²) in [6.45, 7) is 3.55. The number of nitrogens with one attached hydrogen (secondary N) is 1. The predicted octanol–water partition coefficient (Wildman–Crippen LogP) is 2.55. The first kappa shape index (κ1) is 19.2. The number of carbonyl (C=O) groups is 3. The molecule has 1 aliphatic heterocycles. The van der Waals surface area contributed by atoms with E-state index in [9.17, 15) is 14.4 Å². The van der Waals surface area contributed by atoms with E-state index < -0.39 is 17.5 Å². The van der Waals surface area contributed by atoms with Crippen LogP contribution in [-0.2, 0) is 20.9 Å². The van der Waals surface area contributed by atoms with Crippen LogP contribution in [0.25, 0.3) is 0 Å². The Morgan fingerprint density at radius 3 is 2.81 bits per heavy atom. The number of benzene rings is 1. The van der Waals surface area contributed by atoms with Crippen LogP contribution >= 0.6 is 0 Å². The number of carbonyl (C=O) groups excluding carboxylic acids is 3. The number of rotatable bonds is 5. The zero-order chi connectivity index (χ0) is 19.6. The van der Waals surface area contributed by atoms with Crippen LogP contribution in [0.2, 0.25) is 0 Å². The van der Waals surface area contributed by atoms with Gasteiger partial charge in [-0.1, -0.05) is 31.4 Å². The number of hydrogen-bond donors (Lipinski definition) is 1. The molecular formula is C20H26N2O5. The van der Waals surface area contributed by atoms with Crippen LogP contribution in [0.5, 0.6) is 5.75 Å². The third kappa shape index (κ3) is 3.63. The van der Waals surface area contributed by atoms with Gasteiger partial charge >= 0.3 is 12.0 Å². The molecule has 1 aromatic rings. The van der Waals surface area contributed by atoms with Gasteiger partial charge in [-0.2, -0.15) is 0 Å². The second-order valence-corrected chi connectivity index (χ2v) is 7.42. The van der Waals surface area contributed by atoms with E-state index >= 15 is 0 Å². The molecule has 1 heterocycles. The van der Waals surface area contributed by atoms with Crippen molar-refractivity contribution in [1.82, 2.24) is 10.2 Å². The molecule has 0 unspecified atom stereocenters. The van der Waals surface area contributed by atoms with Gasteiger partial charge in [0.2, 0.25) is 0 Å². The number of methoxy groups -OCH3 is 1. The molecule has 1 aliphatic carbocycles. The van der Waals surface area contributed by atoms with Gasteiger partial charge in [-0.3, -0.25) is 14.5 Å². The number of hydrogen-bond acceptors (Lipinski definition) is 5. The van der Waals surface area contributed by atoms with Crippen molar-refractivity contribution in [2.24, 2.45) is 5.92 Å². The van der Waals surface area contributed by atoms with Crippen molar-refractivity contribution in [2.45, 2.75) is 51.7 Å². The van der Waals surface area contributed by atoms with Crippen LogP contribution in [0, 0.1) is 12.8 Å². The summed E-state index contributed by atoms with van der Waals surface area (Å²) < 4.78 is 10.6. The summed E-state index contributed by atoms with van der Waals surface area (Å²) in [5.41, 5.74) is 0.889. The number of amides is 3. The van der Waals surface area contributed by atoms with Crippen molar-refractivity contribution in [3.8, 4) is 5.75 Å². The number of esters is 1. The van der Waals surface area contributed by atoms with Crippen molar-refractivity contribution in [2.75, 3.05) is 13.7 Å². The molecule has 1 spiro atoms. The fraction of sp³-hybridized carbons (Fsp3) is 0.550. The molecule has 7 heteroatoms. The number of nitrogens with zero attached hydrogens (tertiary/aromatic N) is 1. The minimum Gasteiger partial charge on any atom is -0.496 e. The third-order valence-corrected chi connectivity index (χ3v) is 5.61. The number of aryl methyl sites for hydroxylation is 1. The van der Waals surface area contributed by atoms with Crippen molar-refractivity contribution in [1.29, 1.82) is 0 Å². The molecule has 0 radical (unpaired) electrons. The fourth-order valence-electron chi connectivity index (χ4n) is 3.99.